The Bertz CT molecular complexity index is 983. The number of hydrogen-bond donors (Lipinski definition) is 1. The smallest absolute Gasteiger partial charge is 0.162 e. The van der Waals surface area contributed by atoms with Crippen LogP contribution in [-0.4, -0.2) is 24.2 Å². The zero-order valence-corrected chi connectivity index (χ0v) is 16.4. The normalized spacial score (nSPS) is 12.3. The van der Waals surface area contributed by atoms with Crippen LogP contribution >= 0.6 is 0 Å². The first-order chi connectivity index (χ1) is 13.0. The van der Waals surface area contributed by atoms with E-state index in [-0.39, 0.29) is 6.04 Å². The summed E-state index contributed by atoms with van der Waals surface area (Å²) in [7, 11) is 3.25. The molecule has 0 aliphatic rings. The minimum atomic E-state index is 0.0841. The third kappa shape index (κ3) is 4.03. The van der Waals surface area contributed by atoms with Gasteiger partial charge in [0, 0.05) is 17.5 Å². The molecule has 27 heavy (non-hydrogen) atoms. The molecule has 3 aromatic rings. The first-order valence-corrected chi connectivity index (χ1v) is 8.95. The topological polar surface area (TPSA) is 56.3 Å². The lowest BCUT2D eigenvalue weighted by molar-refractivity contribution is 0.356. The minimum Gasteiger partial charge on any atom is -0.493 e. The predicted octanol–water partition coefficient (Wildman–Crippen LogP) is 5.16. The Hall–Kier alpha value is -3.08. The molecule has 140 valence electrons. The van der Waals surface area contributed by atoms with E-state index < -0.39 is 0 Å². The predicted molar refractivity (Wildman–Crippen MR) is 111 cm³/mol. The average molecular weight is 363 g/mol. The Morgan fingerprint density at radius 2 is 1.78 bits per heavy atom. The second kappa shape index (κ2) is 8.08. The van der Waals surface area contributed by atoms with Gasteiger partial charge in [0.05, 0.1) is 19.7 Å². The van der Waals surface area contributed by atoms with Crippen LogP contribution in [0.4, 0.5) is 5.82 Å². The van der Waals surface area contributed by atoms with E-state index in [1.807, 2.05) is 32.1 Å². The summed E-state index contributed by atoms with van der Waals surface area (Å²) in [5.41, 5.74) is 3.19. The molecule has 1 heterocycles. The number of allylic oxidation sites excluding steroid dienone is 1. The lowest BCUT2D eigenvalue weighted by atomic mass is 10.0. The van der Waals surface area contributed by atoms with Gasteiger partial charge in [-0.15, -0.1) is 0 Å². The second-order valence-electron chi connectivity index (χ2n) is 6.38. The first-order valence-electron chi connectivity index (χ1n) is 8.95. The molecule has 5 nitrogen and oxygen atoms in total. The first kappa shape index (κ1) is 18.7. The highest BCUT2D eigenvalue weighted by atomic mass is 16.5. The lowest BCUT2D eigenvalue weighted by Crippen LogP contribution is -2.10. The molecule has 3 rings (SSSR count). The molecular weight excluding hydrogens is 338 g/mol. The highest BCUT2D eigenvalue weighted by molar-refractivity contribution is 5.92. The third-order valence-electron chi connectivity index (χ3n) is 4.44. The Balaban J connectivity index is 2.02. The third-order valence-corrected chi connectivity index (χ3v) is 4.44. The van der Waals surface area contributed by atoms with Crippen LogP contribution in [0.1, 0.15) is 36.8 Å². The van der Waals surface area contributed by atoms with Crippen LogP contribution in [0.25, 0.3) is 17.0 Å². The van der Waals surface area contributed by atoms with E-state index in [1.165, 1.54) is 11.1 Å². The summed E-state index contributed by atoms with van der Waals surface area (Å²) < 4.78 is 10.8. The molecule has 0 aliphatic heterocycles. The molecule has 0 saturated heterocycles. The van der Waals surface area contributed by atoms with Crippen molar-refractivity contribution < 1.29 is 9.47 Å². The van der Waals surface area contributed by atoms with Gasteiger partial charge in [0.25, 0.3) is 0 Å². The number of aromatic nitrogens is 2. The number of aryl methyl sites for hydroxylation is 1. The monoisotopic (exact) mass is 363 g/mol. The number of methoxy groups -OCH3 is 2. The van der Waals surface area contributed by atoms with Gasteiger partial charge >= 0.3 is 0 Å². The molecule has 5 heteroatoms. The van der Waals surface area contributed by atoms with E-state index in [0.717, 1.165) is 16.7 Å². The molecule has 0 bridgehead atoms. The molecule has 1 aromatic heterocycles. The Labute approximate surface area is 160 Å². The quantitative estimate of drug-likeness (QED) is 0.655. The molecule has 1 N–H and O–H groups in total. The Kier molecular flexibility index (Phi) is 5.60. The number of nitrogens with one attached hydrogen (secondary N) is 1. The van der Waals surface area contributed by atoms with Crippen molar-refractivity contribution in [2.24, 2.45) is 0 Å². The van der Waals surface area contributed by atoms with Gasteiger partial charge in [0.1, 0.15) is 11.6 Å². The molecule has 2 aromatic carbocycles. The van der Waals surface area contributed by atoms with Crippen molar-refractivity contribution in [2.75, 3.05) is 19.5 Å². The maximum absolute atomic E-state index is 5.45. The number of fused-ring (bicyclic) bond motifs is 1. The number of rotatable bonds is 6. The van der Waals surface area contributed by atoms with E-state index in [0.29, 0.717) is 17.3 Å². The van der Waals surface area contributed by atoms with E-state index in [1.54, 1.807) is 14.2 Å². The van der Waals surface area contributed by atoms with Crippen molar-refractivity contribution >= 4 is 22.8 Å². The largest absolute Gasteiger partial charge is 0.493 e. The van der Waals surface area contributed by atoms with Crippen LogP contribution < -0.4 is 14.8 Å². The van der Waals surface area contributed by atoms with Crippen LogP contribution in [0.3, 0.4) is 0 Å². The van der Waals surface area contributed by atoms with E-state index in [9.17, 15) is 0 Å². The van der Waals surface area contributed by atoms with Crippen molar-refractivity contribution in [1.82, 2.24) is 9.97 Å². The van der Waals surface area contributed by atoms with Crippen molar-refractivity contribution in [3.05, 3.63) is 59.4 Å². The molecule has 0 saturated carbocycles. The van der Waals surface area contributed by atoms with E-state index >= 15 is 0 Å². The highest BCUT2D eigenvalue weighted by Crippen LogP contribution is 2.35. The molecule has 0 amide bonds. The summed E-state index contributed by atoms with van der Waals surface area (Å²) in [6.07, 6.45) is 4.13. The summed E-state index contributed by atoms with van der Waals surface area (Å²) in [5, 5.41) is 4.43. The minimum absolute atomic E-state index is 0.0841. The van der Waals surface area contributed by atoms with Gasteiger partial charge in [-0.05, 0) is 44.0 Å². The van der Waals surface area contributed by atoms with Crippen molar-refractivity contribution in [3.8, 4) is 11.5 Å². The van der Waals surface area contributed by atoms with E-state index in [2.05, 4.69) is 52.5 Å². The fourth-order valence-corrected chi connectivity index (χ4v) is 3.09. The Morgan fingerprint density at radius 3 is 2.48 bits per heavy atom. The Morgan fingerprint density at radius 1 is 1.04 bits per heavy atom. The summed E-state index contributed by atoms with van der Waals surface area (Å²) >= 11 is 0. The van der Waals surface area contributed by atoms with Gasteiger partial charge in [0.15, 0.2) is 11.5 Å². The number of benzene rings is 2. The number of hydrogen-bond acceptors (Lipinski definition) is 5. The molecule has 0 radical (unpaired) electrons. The summed E-state index contributed by atoms with van der Waals surface area (Å²) in [6.45, 7) is 6.03. The van der Waals surface area contributed by atoms with Gasteiger partial charge in [0.2, 0.25) is 0 Å². The molecule has 1 unspecified atom stereocenters. The summed E-state index contributed by atoms with van der Waals surface area (Å²) in [6, 6.07) is 12.3. The molecule has 0 spiro atoms. The van der Waals surface area contributed by atoms with Gasteiger partial charge in [-0.3, -0.25) is 0 Å². The maximum Gasteiger partial charge on any atom is 0.162 e. The van der Waals surface area contributed by atoms with Gasteiger partial charge < -0.3 is 14.8 Å². The van der Waals surface area contributed by atoms with Crippen LogP contribution in [0.5, 0.6) is 11.5 Å². The van der Waals surface area contributed by atoms with Crippen LogP contribution in [0, 0.1) is 6.92 Å². The van der Waals surface area contributed by atoms with Crippen LogP contribution in [0.2, 0.25) is 0 Å². The second-order valence-corrected chi connectivity index (χ2v) is 6.38. The maximum atomic E-state index is 5.45. The van der Waals surface area contributed by atoms with Crippen LogP contribution in [-0.2, 0) is 0 Å². The molecule has 0 aliphatic carbocycles. The summed E-state index contributed by atoms with van der Waals surface area (Å²) in [4.78, 5) is 9.17. The lowest BCUT2D eigenvalue weighted by Gasteiger charge is -2.18. The van der Waals surface area contributed by atoms with Crippen molar-refractivity contribution in [3.63, 3.8) is 0 Å². The number of ether oxygens (including phenoxy) is 2. The molecular formula is C22H25N3O2. The summed E-state index contributed by atoms with van der Waals surface area (Å²) in [5.74, 6) is 2.79. The number of nitrogens with zero attached hydrogens (tertiary/aromatic N) is 2. The van der Waals surface area contributed by atoms with Gasteiger partial charge in [-0.25, -0.2) is 9.97 Å². The zero-order chi connectivity index (χ0) is 19.4. The highest BCUT2D eigenvalue weighted by Gasteiger charge is 2.14. The fourth-order valence-electron chi connectivity index (χ4n) is 3.09. The zero-order valence-electron chi connectivity index (χ0n) is 16.4. The van der Waals surface area contributed by atoms with Crippen molar-refractivity contribution in [2.45, 2.75) is 26.8 Å². The standard InChI is InChI=1S/C22H25N3O2/c1-6-8-16-9-7-10-17(11-16)14(2)23-22-18-12-20(26-4)21(27-5)13-19(18)24-15(3)25-22/h6-14H,1-5H3,(H,23,24,25)/b8-6+. The van der Waals surface area contributed by atoms with Gasteiger partial charge in [-0.1, -0.05) is 30.4 Å². The van der Waals surface area contributed by atoms with Crippen molar-refractivity contribution in [1.29, 1.82) is 0 Å². The SMILES string of the molecule is C/C=C/c1cccc(C(C)Nc2nc(C)nc3cc(OC)c(OC)cc23)c1. The fraction of sp³-hybridized carbons (Fsp3) is 0.273. The van der Waals surface area contributed by atoms with E-state index in [4.69, 9.17) is 9.47 Å². The average Bonchev–Trinajstić information content (AvgIpc) is 2.67. The molecule has 0 fully saturated rings. The van der Waals surface area contributed by atoms with Crippen LogP contribution in [0.15, 0.2) is 42.5 Å². The molecule has 1 atom stereocenters. The van der Waals surface area contributed by atoms with Gasteiger partial charge in [-0.2, -0.15) is 0 Å². The number of anilines is 1.